The molecule has 0 atom stereocenters. The number of hydrogen-bond donors (Lipinski definition) is 0. The van der Waals surface area contributed by atoms with E-state index in [1.165, 1.54) is 16.7 Å². The fraction of sp³-hybridized carbons (Fsp3) is 0.120. The number of thioether (sulfide) groups is 1. The number of nitrogens with zero attached hydrogens (tertiary/aromatic N) is 1. The fourth-order valence-electron chi connectivity index (χ4n) is 3.24. The highest BCUT2D eigenvalue weighted by Crippen LogP contribution is 2.40. The second-order valence-electron chi connectivity index (χ2n) is 7.03. The van der Waals surface area contributed by atoms with Crippen LogP contribution in [0.3, 0.4) is 0 Å². The minimum atomic E-state index is -0.203. The highest BCUT2D eigenvalue weighted by atomic mass is 35.5. The third kappa shape index (κ3) is 5.53. The lowest BCUT2D eigenvalue weighted by Gasteiger charge is -2.15. The van der Waals surface area contributed by atoms with Gasteiger partial charge in [0, 0.05) is 5.02 Å². The molecule has 1 fully saturated rings. The minimum Gasteiger partial charge on any atom is -0.490 e. The maximum Gasteiger partial charge on any atom is 0.270 e. The van der Waals surface area contributed by atoms with Gasteiger partial charge in [0.1, 0.15) is 6.61 Å². The first-order valence-corrected chi connectivity index (χ1v) is 12.1. The summed E-state index contributed by atoms with van der Waals surface area (Å²) in [6.45, 7) is 2.69. The predicted molar refractivity (Wildman–Crippen MR) is 140 cm³/mol. The van der Waals surface area contributed by atoms with Crippen molar-refractivity contribution in [2.75, 3.05) is 11.5 Å². The summed E-state index contributed by atoms with van der Waals surface area (Å²) in [5, 5.41) is 0.990. The van der Waals surface area contributed by atoms with Gasteiger partial charge in [-0.05, 0) is 60.5 Å². The first-order chi connectivity index (χ1) is 16.0. The Morgan fingerprint density at radius 2 is 1.76 bits per heavy atom. The largest absolute Gasteiger partial charge is 0.490 e. The minimum absolute atomic E-state index is 0.203. The molecule has 1 aliphatic heterocycles. The monoisotopic (exact) mass is 515 g/mol. The van der Waals surface area contributed by atoms with Crippen molar-refractivity contribution < 1.29 is 14.3 Å². The summed E-state index contributed by atoms with van der Waals surface area (Å²) < 4.78 is 12.2. The maximum absolute atomic E-state index is 13.1. The Morgan fingerprint density at radius 1 is 1.03 bits per heavy atom. The lowest BCUT2D eigenvalue weighted by molar-refractivity contribution is -0.113. The normalized spacial score (nSPS) is 14.8. The molecule has 1 saturated heterocycles. The molecule has 1 aliphatic rings. The Balaban J connectivity index is 1.60. The number of halogens is 2. The smallest absolute Gasteiger partial charge is 0.270 e. The number of hydrogen-bond acceptors (Lipinski definition) is 5. The Bertz CT molecular complexity index is 1210. The zero-order valence-electron chi connectivity index (χ0n) is 17.6. The van der Waals surface area contributed by atoms with E-state index in [1.807, 2.05) is 43.3 Å². The molecule has 3 aromatic rings. The van der Waals surface area contributed by atoms with Gasteiger partial charge >= 0.3 is 0 Å². The van der Waals surface area contributed by atoms with Crippen LogP contribution in [0.25, 0.3) is 6.08 Å². The Hall–Kier alpha value is -2.51. The lowest BCUT2D eigenvalue weighted by atomic mass is 10.1. The summed E-state index contributed by atoms with van der Waals surface area (Å²) in [7, 11) is 0. The third-order valence-corrected chi connectivity index (χ3v) is 6.57. The number of benzene rings is 3. The van der Waals surface area contributed by atoms with Gasteiger partial charge in [0.15, 0.2) is 15.8 Å². The van der Waals surface area contributed by atoms with Gasteiger partial charge in [0.25, 0.3) is 5.91 Å². The van der Waals surface area contributed by atoms with E-state index in [-0.39, 0.29) is 5.91 Å². The molecule has 0 N–H and O–H groups in total. The van der Waals surface area contributed by atoms with Crippen molar-refractivity contribution >= 4 is 69.2 Å². The number of ether oxygens (including phenoxy) is 2. The van der Waals surface area contributed by atoms with Gasteiger partial charge in [-0.3, -0.25) is 9.69 Å². The number of anilines is 1. The molecular formula is C25H19Cl2NO3S2. The molecule has 0 unspecified atom stereocenters. The van der Waals surface area contributed by atoms with Crippen LogP contribution in [0, 0.1) is 0 Å². The van der Waals surface area contributed by atoms with E-state index in [4.69, 9.17) is 44.9 Å². The van der Waals surface area contributed by atoms with Gasteiger partial charge in [-0.1, -0.05) is 77.5 Å². The summed E-state index contributed by atoms with van der Waals surface area (Å²) in [5.74, 6) is 0.777. The van der Waals surface area contributed by atoms with Gasteiger partial charge in [-0.2, -0.15) is 0 Å². The molecule has 33 heavy (non-hydrogen) atoms. The van der Waals surface area contributed by atoms with Crippen LogP contribution < -0.4 is 14.4 Å². The molecular weight excluding hydrogens is 497 g/mol. The van der Waals surface area contributed by atoms with Gasteiger partial charge < -0.3 is 9.47 Å². The van der Waals surface area contributed by atoms with Crippen LogP contribution in [0.5, 0.6) is 11.5 Å². The van der Waals surface area contributed by atoms with Crippen LogP contribution in [0.1, 0.15) is 18.1 Å². The van der Waals surface area contributed by atoms with Gasteiger partial charge in [-0.15, -0.1) is 0 Å². The van der Waals surface area contributed by atoms with E-state index in [0.717, 1.165) is 5.56 Å². The molecule has 3 aromatic carbocycles. The SMILES string of the molecule is CCOc1cc(/C=C2/SC(=S)N(c3ccc(Cl)cc3)C2=O)cc(Cl)c1OCc1ccccc1. The van der Waals surface area contributed by atoms with Crippen LogP contribution in [0.4, 0.5) is 5.69 Å². The van der Waals surface area contributed by atoms with E-state index in [0.29, 0.717) is 55.2 Å². The number of thiocarbonyl (C=S) groups is 1. The first kappa shape index (κ1) is 23.6. The van der Waals surface area contributed by atoms with Crippen molar-refractivity contribution in [2.45, 2.75) is 13.5 Å². The molecule has 168 valence electrons. The first-order valence-electron chi connectivity index (χ1n) is 10.1. The highest BCUT2D eigenvalue weighted by Gasteiger charge is 2.33. The molecule has 0 spiro atoms. The standard InChI is InChI=1S/C25H19Cl2NO3S2/c1-2-30-21-13-17(12-20(27)23(21)31-15-16-6-4-3-5-7-16)14-22-24(29)28(25(32)33-22)19-10-8-18(26)9-11-19/h3-14H,2,15H2,1H3/b22-14+. The Labute approximate surface area is 212 Å². The van der Waals surface area contributed by atoms with Crippen molar-refractivity contribution in [3.05, 3.63) is 92.8 Å². The van der Waals surface area contributed by atoms with E-state index in [9.17, 15) is 4.79 Å². The molecule has 1 amide bonds. The van der Waals surface area contributed by atoms with E-state index in [2.05, 4.69) is 0 Å². The number of carbonyl (C=O) groups is 1. The summed E-state index contributed by atoms with van der Waals surface area (Å²) in [5.41, 5.74) is 2.40. The molecule has 8 heteroatoms. The second kappa shape index (κ2) is 10.6. The van der Waals surface area contributed by atoms with E-state index >= 15 is 0 Å². The third-order valence-electron chi connectivity index (χ3n) is 4.73. The highest BCUT2D eigenvalue weighted by molar-refractivity contribution is 8.27. The lowest BCUT2D eigenvalue weighted by Crippen LogP contribution is -2.27. The number of rotatable bonds is 7. The summed E-state index contributed by atoms with van der Waals surface area (Å²) >= 11 is 19.2. The molecule has 4 nitrogen and oxygen atoms in total. The van der Waals surface area contributed by atoms with E-state index < -0.39 is 0 Å². The molecule has 0 saturated carbocycles. The Morgan fingerprint density at radius 3 is 2.45 bits per heavy atom. The van der Waals surface area contributed by atoms with Crippen LogP contribution in [-0.4, -0.2) is 16.8 Å². The zero-order valence-corrected chi connectivity index (χ0v) is 20.7. The molecule has 4 rings (SSSR count). The molecule has 0 bridgehead atoms. The average Bonchev–Trinajstić information content (AvgIpc) is 3.07. The quantitative estimate of drug-likeness (QED) is 0.242. The Kier molecular flexibility index (Phi) is 7.60. The number of amides is 1. The van der Waals surface area contributed by atoms with Crippen molar-refractivity contribution in [2.24, 2.45) is 0 Å². The van der Waals surface area contributed by atoms with Crippen molar-refractivity contribution in [3.63, 3.8) is 0 Å². The van der Waals surface area contributed by atoms with E-state index in [1.54, 1.807) is 36.4 Å². The molecule has 0 radical (unpaired) electrons. The second-order valence-corrected chi connectivity index (χ2v) is 9.55. The van der Waals surface area contributed by atoms with Crippen molar-refractivity contribution in [3.8, 4) is 11.5 Å². The molecule has 0 aromatic heterocycles. The van der Waals surface area contributed by atoms with Crippen LogP contribution in [0.2, 0.25) is 10.0 Å². The van der Waals surface area contributed by atoms with Gasteiger partial charge in [-0.25, -0.2) is 0 Å². The van der Waals surface area contributed by atoms with Crippen molar-refractivity contribution in [1.29, 1.82) is 0 Å². The zero-order chi connectivity index (χ0) is 23.4. The maximum atomic E-state index is 13.1. The van der Waals surface area contributed by atoms with Crippen LogP contribution in [-0.2, 0) is 11.4 Å². The summed E-state index contributed by atoms with van der Waals surface area (Å²) in [4.78, 5) is 15.0. The van der Waals surface area contributed by atoms with Crippen LogP contribution in [0.15, 0.2) is 71.6 Å². The average molecular weight is 516 g/mol. The van der Waals surface area contributed by atoms with Gasteiger partial charge in [0.05, 0.1) is 22.2 Å². The fourth-order valence-corrected chi connectivity index (χ4v) is 4.93. The topological polar surface area (TPSA) is 38.8 Å². The predicted octanol–water partition coefficient (Wildman–Crippen LogP) is 7.38. The molecule has 0 aliphatic carbocycles. The summed E-state index contributed by atoms with van der Waals surface area (Å²) in [6.07, 6.45) is 1.75. The number of carbonyl (C=O) groups excluding carboxylic acids is 1. The van der Waals surface area contributed by atoms with Gasteiger partial charge in [0.2, 0.25) is 0 Å². The van der Waals surface area contributed by atoms with Crippen molar-refractivity contribution in [1.82, 2.24) is 0 Å². The summed E-state index contributed by atoms with van der Waals surface area (Å²) in [6, 6.07) is 20.3. The molecule has 1 heterocycles. The van der Waals surface area contributed by atoms with Crippen LogP contribution >= 0.6 is 47.2 Å².